The van der Waals surface area contributed by atoms with E-state index in [4.69, 9.17) is 8.42 Å². The van der Waals surface area contributed by atoms with Crippen LogP contribution in [0.3, 0.4) is 0 Å². The van der Waals surface area contributed by atoms with E-state index >= 15 is 0 Å². The Morgan fingerprint density at radius 2 is 0.769 bits per heavy atom. The topological polar surface area (TPSA) is 34.1 Å². The van der Waals surface area contributed by atoms with Gasteiger partial charge >= 0.3 is 23.0 Å². The first kappa shape index (κ1) is 14.9. The Morgan fingerprint density at radius 1 is 0.692 bits per heavy atom. The van der Waals surface area contributed by atoms with Gasteiger partial charge in [0.15, 0.2) is 0 Å². The molecule has 0 bridgehead atoms. The zero-order valence-corrected chi connectivity index (χ0v) is 6.06. The summed E-state index contributed by atoms with van der Waals surface area (Å²) < 4.78 is 99.2. The second kappa shape index (κ2) is 4.07. The molecular formula is C2F8O2S. The third-order valence-electron chi connectivity index (χ3n) is 0.321. The summed E-state index contributed by atoms with van der Waals surface area (Å²) >= 11 is 0. The summed E-state index contributed by atoms with van der Waals surface area (Å²) in [4.78, 5) is 0. The quantitative estimate of drug-likeness (QED) is 0.480. The molecule has 0 unspecified atom stereocenters. The summed E-state index contributed by atoms with van der Waals surface area (Å²) in [5, 5.41) is 0. The summed E-state index contributed by atoms with van der Waals surface area (Å²) in [6.07, 6.45) is -12.1. The smallest absolute Gasteiger partial charge is 0.162 e. The molecule has 82 valence electrons. The molecule has 0 fully saturated rings. The maximum absolute atomic E-state index is 10.4. The highest BCUT2D eigenvalue weighted by Crippen LogP contribution is 2.35. The van der Waals surface area contributed by atoms with Gasteiger partial charge in [-0.05, 0) is 0 Å². The van der Waals surface area contributed by atoms with Crippen LogP contribution in [0, 0.1) is 0 Å². The fourth-order valence-corrected chi connectivity index (χ4v) is 0. The molecule has 0 aromatic rings. The Hall–Kier alpha value is -0.610. The molecule has 0 rings (SSSR count). The minimum Gasteiger partial charge on any atom is -0.162 e. The average molecular weight is 240 g/mol. The van der Waals surface area contributed by atoms with Crippen LogP contribution in [0.5, 0.6) is 0 Å². The van der Waals surface area contributed by atoms with Gasteiger partial charge in [0.1, 0.15) is 0 Å². The van der Waals surface area contributed by atoms with Crippen LogP contribution in [0.1, 0.15) is 0 Å². The van der Waals surface area contributed by atoms with Crippen LogP contribution < -0.4 is 0 Å². The lowest BCUT2D eigenvalue weighted by Gasteiger charge is -2.08. The Balaban J connectivity index is 0. The van der Waals surface area contributed by atoms with E-state index in [1.807, 2.05) is 0 Å². The van der Waals surface area contributed by atoms with E-state index in [-0.39, 0.29) is 0 Å². The fourth-order valence-electron chi connectivity index (χ4n) is 0. The normalized spacial score (nSPS) is 13.2. The summed E-state index contributed by atoms with van der Waals surface area (Å²) in [5.41, 5.74) is 0. The average Bonchev–Trinajstić information content (AvgIpc) is 1.50. The minimum atomic E-state index is -6.06. The number of alkyl halides is 6. The molecule has 0 atom stereocenters. The number of halogens is 8. The minimum absolute atomic E-state index is 5.67. The third-order valence-corrected chi connectivity index (χ3v) is 0.321. The highest BCUT2D eigenvalue weighted by Gasteiger charge is 2.58. The van der Waals surface area contributed by atoms with Gasteiger partial charge in [-0.2, -0.15) is 34.8 Å². The van der Waals surface area contributed by atoms with Crippen molar-refractivity contribution in [3.05, 3.63) is 0 Å². The van der Waals surface area contributed by atoms with Crippen molar-refractivity contribution in [2.24, 2.45) is 0 Å². The van der Waals surface area contributed by atoms with E-state index in [9.17, 15) is 34.1 Å². The van der Waals surface area contributed by atoms with Crippen LogP contribution in [-0.2, 0) is 10.6 Å². The third kappa shape index (κ3) is 14.3. The van der Waals surface area contributed by atoms with Crippen LogP contribution in [0.4, 0.5) is 34.1 Å². The Morgan fingerprint density at radius 3 is 0.769 bits per heavy atom. The molecule has 13 heavy (non-hydrogen) atoms. The number of hydrogen-bond acceptors (Lipinski definition) is 2. The van der Waals surface area contributed by atoms with Crippen molar-refractivity contribution in [1.29, 1.82) is 0 Å². The number of hydrogen-bond donors (Lipinski definition) is 0. The predicted octanol–water partition coefficient (Wildman–Crippen LogP) is 2.28. The molecule has 0 aromatic heterocycles. The summed E-state index contributed by atoms with van der Waals surface area (Å²) in [6.45, 7) is 0. The van der Waals surface area contributed by atoms with E-state index in [2.05, 4.69) is 0 Å². The van der Waals surface area contributed by atoms with Gasteiger partial charge in [-0.15, -0.1) is 0 Å². The molecule has 0 aromatic carbocycles. The van der Waals surface area contributed by atoms with E-state index in [1.54, 1.807) is 0 Å². The van der Waals surface area contributed by atoms with Crippen molar-refractivity contribution >= 4 is 10.6 Å². The van der Waals surface area contributed by atoms with E-state index < -0.39 is 23.0 Å². The van der Waals surface area contributed by atoms with Gasteiger partial charge in [0.05, 0.1) is 0 Å². The Kier molecular flexibility index (Phi) is 4.66. The molecule has 0 aliphatic carbocycles. The first-order valence-corrected chi connectivity index (χ1v) is 3.31. The molecule has 0 radical (unpaired) electrons. The first-order valence-electron chi connectivity index (χ1n) is 2.03. The second-order valence-corrected chi connectivity index (χ2v) is 2.13. The van der Waals surface area contributed by atoms with Gasteiger partial charge in [-0.3, -0.25) is 0 Å². The molecule has 0 spiro atoms. The largest absolute Gasteiger partial charge is 0.487 e. The number of rotatable bonds is 0. The van der Waals surface area contributed by atoms with Crippen molar-refractivity contribution in [3.63, 3.8) is 0 Å². The van der Waals surface area contributed by atoms with E-state index in [0.29, 0.717) is 0 Å². The maximum Gasteiger partial charge on any atom is 0.487 e. The van der Waals surface area contributed by atoms with Crippen LogP contribution in [0.15, 0.2) is 0 Å². The second-order valence-electron chi connectivity index (χ2n) is 1.37. The van der Waals surface area contributed by atoms with Crippen LogP contribution in [-0.4, -0.2) is 20.8 Å². The van der Waals surface area contributed by atoms with Gasteiger partial charge in [0.25, 0.3) is 0 Å². The lowest BCUT2D eigenvalue weighted by Crippen LogP contribution is -2.30. The zero-order chi connectivity index (χ0) is 11.5. The van der Waals surface area contributed by atoms with E-state index in [1.165, 1.54) is 0 Å². The Labute approximate surface area is 66.7 Å². The molecule has 0 saturated carbocycles. The fraction of sp³-hybridized carbons (Fsp3) is 1.00. The van der Waals surface area contributed by atoms with Gasteiger partial charge in [-0.1, -0.05) is 7.77 Å². The molecule has 0 aliphatic rings. The van der Waals surface area contributed by atoms with Crippen LogP contribution >= 0.6 is 0 Å². The zero-order valence-electron chi connectivity index (χ0n) is 5.25. The first-order chi connectivity index (χ1) is 5.25. The van der Waals surface area contributed by atoms with Crippen LogP contribution in [0.2, 0.25) is 0 Å². The van der Waals surface area contributed by atoms with Crippen molar-refractivity contribution in [3.8, 4) is 0 Å². The summed E-state index contributed by atoms with van der Waals surface area (Å²) in [5.74, 6) is 0. The van der Waals surface area contributed by atoms with Gasteiger partial charge in [0, 0.05) is 0 Å². The van der Waals surface area contributed by atoms with Crippen molar-refractivity contribution < 1.29 is 42.5 Å². The van der Waals surface area contributed by atoms with Crippen LogP contribution in [0.25, 0.3) is 0 Å². The van der Waals surface area contributed by atoms with Crippen molar-refractivity contribution in [2.75, 3.05) is 0 Å². The lowest BCUT2D eigenvalue weighted by atomic mass is 10.7. The Bertz CT molecular complexity index is 212. The molecular weight excluding hydrogens is 240 g/mol. The monoisotopic (exact) mass is 240 g/mol. The van der Waals surface area contributed by atoms with E-state index in [0.717, 1.165) is 0 Å². The lowest BCUT2D eigenvalue weighted by molar-refractivity contribution is -0.339. The maximum atomic E-state index is 10.4. The van der Waals surface area contributed by atoms with Gasteiger partial charge < -0.3 is 0 Å². The SMILES string of the molecule is FC(F)(F)C(F)(F)F.O=S(=O)(F)F. The van der Waals surface area contributed by atoms with Crippen molar-refractivity contribution in [1.82, 2.24) is 0 Å². The summed E-state index contributed by atoms with van der Waals surface area (Å²) in [7, 11) is -5.67. The molecule has 0 amide bonds. The molecule has 11 heteroatoms. The van der Waals surface area contributed by atoms with Gasteiger partial charge in [0.2, 0.25) is 0 Å². The van der Waals surface area contributed by atoms with Crippen molar-refractivity contribution in [2.45, 2.75) is 12.4 Å². The predicted molar refractivity (Wildman–Crippen MR) is 23.2 cm³/mol. The molecule has 0 N–H and O–H groups in total. The molecule has 0 saturated heterocycles. The molecule has 0 aliphatic heterocycles. The highest BCUT2D eigenvalue weighted by molar-refractivity contribution is 7.81. The molecule has 0 heterocycles. The highest BCUT2D eigenvalue weighted by atomic mass is 32.3. The standard InChI is InChI=1S/C2F6.F2O2S/c3-1(4,5)2(6,7)8;1-5(2,3)4. The molecule has 2 nitrogen and oxygen atoms in total. The summed E-state index contributed by atoms with van der Waals surface area (Å²) in [6, 6.07) is 0. The van der Waals surface area contributed by atoms with Gasteiger partial charge in [-0.25, -0.2) is 0 Å².